The van der Waals surface area contributed by atoms with Gasteiger partial charge in [-0.2, -0.15) is 0 Å². The first-order valence-corrected chi connectivity index (χ1v) is 16.2. The van der Waals surface area contributed by atoms with E-state index in [1.54, 1.807) is 34.2 Å². The van der Waals surface area contributed by atoms with Gasteiger partial charge in [-0.05, 0) is 60.0 Å². The first-order valence-electron chi connectivity index (χ1n) is 14.4. The van der Waals surface area contributed by atoms with Crippen molar-refractivity contribution >= 4 is 66.0 Å². The number of nitrogen functional groups attached to an aromatic ring is 1. The molecule has 0 bridgehead atoms. The summed E-state index contributed by atoms with van der Waals surface area (Å²) in [6.45, 7) is 3.34. The highest BCUT2D eigenvalue weighted by Crippen LogP contribution is 2.31. The minimum Gasteiger partial charge on any atom is -0.491 e. The highest BCUT2D eigenvalue weighted by atomic mass is 32.1. The number of nitrogens with two attached hydrogens (primary N) is 1. The largest absolute Gasteiger partial charge is 0.491 e. The lowest BCUT2D eigenvalue weighted by Gasteiger charge is -2.13. The zero-order chi connectivity index (χ0) is 34.7. The maximum absolute atomic E-state index is 12.8. The van der Waals surface area contributed by atoms with Crippen LogP contribution in [0.5, 0.6) is 11.5 Å². The summed E-state index contributed by atoms with van der Waals surface area (Å²) in [6, 6.07) is 17.1. The molecule has 12 nitrogen and oxygen atoms in total. The zero-order valence-corrected chi connectivity index (χ0v) is 28.0. The molecule has 0 aliphatic heterocycles. The van der Waals surface area contributed by atoms with Crippen LogP contribution >= 0.6 is 22.7 Å². The van der Waals surface area contributed by atoms with Gasteiger partial charge in [0.25, 0.3) is 16.8 Å². The number of aromatic nitrogens is 2. The SMILES string of the molecule is C.COc1c(C(C)=O)c2sccc2n(Cc2cccc(N)c2)c1=O.COc1c(C(C)=O)c2sccc2n(Cc2cccc([N+](=O)[O-])c2)c1=O. The molecule has 14 heteroatoms. The Morgan fingerprint density at radius 3 is 1.63 bits per heavy atom. The molecular weight excluding hydrogens is 669 g/mol. The fourth-order valence-corrected chi connectivity index (χ4v) is 7.42. The Kier molecular flexibility index (Phi) is 11.2. The summed E-state index contributed by atoms with van der Waals surface area (Å²) in [6.07, 6.45) is 0. The van der Waals surface area contributed by atoms with Gasteiger partial charge in [0.2, 0.25) is 0 Å². The highest BCUT2D eigenvalue weighted by Gasteiger charge is 2.23. The molecule has 2 aromatic carbocycles. The van der Waals surface area contributed by atoms with E-state index in [4.69, 9.17) is 15.2 Å². The molecule has 0 saturated heterocycles. The van der Waals surface area contributed by atoms with Crippen molar-refractivity contribution in [2.75, 3.05) is 20.0 Å². The first kappa shape index (κ1) is 36.2. The molecule has 6 rings (SSSR count). The molecule has 6 aromatic rings. The first-order chi connectivity index (χ1) is 23.0. The van der Waals surface area contributed by atoms with Crippen molar-refractivity contribution in [3.63, 3.8) is 0 Å². The molecular formula is C35H34N4O8S2. The number of Topliss-reactive ketones (excluding diaryl/α,β-unsaturated/α-hetero) is 2. The maximum atomic E-state index is 12.8. The molecule has 0 spiro atoms. The maximum Gasteiger partial charge on any atom is 0.294 e. The number of rotatable bonds is 9. The summed E-state index contributed by atoms with van der Waals surface area (Å²) in [7, 11) is 2.76. The second kappa shape index (κ2) is 15.1. The number of ether oxygens (including phenoxy) is 2. The van der Waals surface area contributed by atoms with Gasteiger partial charge in [0.15, 0.2) is 23.1 Å². The Bertz CT molecular complexity index is 2330. The number of benzene rings is 2. The van der Waals surface area contributed by atoms with E-state index < -0.39 is 10.5 Å². The molecule has 254 valence electrons. The molecule has 0 radical (unpaired) electrons. The van der Waals surface area contributed by atoms with Gasteiger partial charge < -0.3 is 15.2 Å². The number of carbonyl (C=O) groups is 2. The number of hydrogen-bond donors (Lipinski definition) is 1. The van der Waals surface area contributed by atoms with E-state index in [1.165, 1.54) is 67.4 Å². The highest BCUT2D eigenvalue weighted by molar-refractivity contribution is 7.18. The Balaban J connectivity index is 0.000000217. The number of ketones is 2. The predicted molar refractivity (Wildman–Crippen MR) is 194 cm³/mol. The lowest BCUT2D eigenvalue weighted by atomic mass is 10.1. The van der Waals surface area contributed by atoms with Crippen molar-refractivity contribution in [2.24, 2.45) is 0 Å². The van der Waals surface area contributed by atoms with Crippen molar-refractivity contribution in [1.82, 2.24) is 9.13 Å². The minimum atomic E-state index is -0.480. The second-order valence-corrected chi connectivity index (χ2v) is 12.5. The average Bonchev–Trinajstić information content (AvgIpc) is 3.74. The normalized spacial score (nSPS) is 10.6. The quantitative estimate of drug-likeness (QED) is 0.0740. The lowest BCUT2D eigenvalue weighted by Crippen LogP contribution is -2.24. The number of anilines is 1. The molecule has 49 heavy (non-hydrogen) atoms. The van der Waals surface area contributed by atoms with E-state index in [0.29, 0.717) is 33.6 Å². The van der Waals surface area contributed by atoms with E-state index in [0.717, 1.165) is 15.8 Å². The van der Waals surface area contributed by atoms with Gasteiger partial charge >= 0.3 is 0 Å². The van der Waals surface area contributed by atoms with Crippen LogP contribution in [0.15, 0.2) is 81.0 Å². The summed E-state index contributed by atoms with van der Waals surface area (Å²) in [5.41, 5.74) is 9.14. The molecule has 2 N–H and O–H groups in total. The molecule has 0 amide bonds. The van der Waals surface area contributed by atoms with Crippen LogP contribution < -0.4 is 26.3 Å². The van der Waals surface area contributed by atoms with Crippen LogP contribution in [-0.2, 0) is 13.1 Å². The van der Waals surface area contributed by atoms with Crippen molar-refractivity contribution in [3.8, 4) is 11.5 Å². The van der Waals surface area contributed by atoms with Crippen LogP contribution in [-0.4, -0.2) is 39.8 Å². The van der Waals surface area contributed by atoms with Gasteiger partial charge in [0, 0.05) is 17.8 Å². The van der Waals surface area contributed by atoms with Crippen molar-refractivity contribution in [3.05, 3.63) is 124 Å². The predicted octanol–water partition coefficient (Wildman–Crippen LogP) is 6.77. The zero-order valence-electron chi connectivity index (χ0n) is 26.3. The Labute approximate surface area is 288 Å². The number of pyridine rings is 2. The number of non-ortho nitro benzene ring substituents is 1. The van der Waals surface area contributed by atoms with Gasteiger partial charge in [-0.1, -0.05) is 31.7 Å². The third-order valence-corrected chi connectivity index (χ3v) is 9.37. The molecule has 0 saturated carbocycles. The van der Waals surface area contributed by atoms with Gasteiger partial charge in [-0.3, -0.25) is 38.4 Å². The van der Waals surface area contributed by atoms with E-state index in [9.17, 15) is 29.3 Å². The van der Waals surface area contributed by atoms with Gasteiger partial charge in [0.05, 0.1) is 63.8 Å². The molecule has 0 aliphatic rings. The van der Waals surface area contributed by atoms with Gasteiger partial charge in [-0.25, -0.2) is 0 Å². The summed E-state index contributed by atoms with van der Waals surface area (Å²) in [5.74, 6) is -0.337. The molecule has 0 aliphatic carbocycles. The monoisotopic (exact) mass is 702 g/mol. The minimum absolute atomic E-state index is 0. The number of methoxy groups -OCH3 is 2. The summed E-state index contributed by atoms with van der Waals surface area (Å²) < 4.78 is 15.0. The smallest absolute Gasteiger partial charge is 0.294 e. The fourth-order valence-electron chi connectivity index (χ4n) is 5.45. The number of thiophene rings is 2. The number of carbonyl (C=O) groups excluding carboxylic acids is 2. The second-order valence-electron chi connectivity index (χ2n) is 10.7. The van der Waals surface area contributed by atoms with Crippen LogP contribution in [0.3, 0.4) is 0 Å². The van der Waals surface area contributed by atoms with Crippen molar-refractivity contribution in [2.45, 2.75) is 34.4 Å². The van der Waals surface area contributed by atoms with E-state index in [2.05, 4.69) is 0 Å². The van der Waals surface area contributed by atoms with Crippen LogP contribution in [0.25, 0.3) is 20.4 Å². The third-order valence-electron chi connectivity index (χ3n) is 7.52. The Hall–Kier alpha value is -5.60. The van der Waals surface area contributed by atoms with E-state index in [-0.39, 0.29) is 53.8 Å². The van der Waals surface area contributed by atoms with Gasteiger partial charge in [-0.15, -0.1) is 22.7 Å². The molecule has 0 fully saturated rings. The molecule has 4 aromatic heterocycles. The number of hydrogen-bond acceptors (Lipinski definition) is 11. The number of fused-ring (bicyclic) bond motifs is 2. The third kappa shape index (κ3) is 7.15. The molecule has 0 unspecified atom stereocenters. The standard InChI is InChI=1S/C17H14N2O5S.C17H16N2O3S.CH4/c1-10(20)14-15(24-2)17(21)18(13-6-7-25-16(13)14)9-11-4-3-5-12(8-11)19(22)23;1-10(20)14-15(22-2)17(21)19(13-6-7-23-16(13)14)9-11-4-3-5-12(18)8-11;/h3-8H,9H2,1-2H3;3-8H,9,18H2,1-2H3;1H4. The fraction of sp³-hybridized carbons (Fsp3) is 0.200. The lowest BCUT2D eigenvalue weighted by molar-refractivity contribution is -0.384. The summed E-state index contributed by atoms with van der Waals surface area (Å²) in [5, 5.41) is 14.6. The summed E-state index contributed by atoms with van der Waals surface area (Å²) in [4.78, 5) is 60.0. The molecule has 0 atom stereocenters. The number of nitro benzene ring substituents is 1. The van der Waals surface area contributed by atoms with Crippen LogP contribution in [0.1, 0.15) is 53.1 Å². The van der Waals surface area contributed by atoms with Crippen LogP contribution in [0, 0.1) is 10.1 Å². The van der Waals surface area contributed by atoms with Gasteiger partial charge in [0.1, 0.15) is 0 Å². The van der Waals surface area contributed by atoms with Crippen LogP contribution in [0.4, 0.5) is 11.4 Å². The number of nitrogens with zero attached hydrogens (tertiary/aromatic N) is 3. The summed E-state index contributed by atoms with van der Waals surface area (Å²) >= 11 is 2.77. The average molecular weight is 703 g/mol. The van der Waals surface area contributed by atoms with Crippen molar-refractivity contribution in [1.29, 1.82) is 0 Å². The van der Waals surface area contributed by atoms with E-state index >= 15 is 0 Å². The molecule has 4 heterocycles. The van der Waals surface area contributed by atoms with Crippen LogP contribution in [0.2, 0.25) is 0 Å². The van der Waals surface area contributed by atoms with Crippen molar-refractivity contribution < 1.29 is 24.0 Å². The Morgan fingerprint density at radius 2 is 1.22 bits per heavy atom. The topological polar surface area (TPSA) is 166 Å². The Morgan fingerprint density at radius 1 is 0.776 bits per heavy atom. The number of nitro groups is 1. The van der Waals surface area contributed by atoms with E-state index in [1.807, 2.05) is 29.6 Å².